The molecule has 2 aliphatic rings. The van der Waals surface area contributed by atoms with Gasteiger partial charge in [-0.05, 0) is 69.7 Å². The highest BCUT2D eigenvalue weighted by Gasteiger charge is 2.21. The summed E-state index contributed by atoms with van der Waals surface area (Å²) < 4.78 is 6.32. The highest BCUT2D eigenvalue weighted by atomic mass is 32.2. The van der Waals surface area contributed by atoms with Crippen LogP contribution in [0.1, 0.15) is 38.2 Å². The van der Waals surface area contributed by atoms with Gasteiger partial charge in [-0.25, -0.2) is 0 Å². The van der Waals surface area contributed by atoms with Crippen LogP contribution in [-0.2, 0) is 0 Å². The van der Waals surface area contributed by atoms with Gasteiger partial charge in [0.2, 0.25) is 0 Å². The van der Waals surface area contributed by atoms with E-state index >= 15 is 0 Å². The number of ether oxygens (including phenoxy) is 1. The van der Waals surface area contributed by atoms with E-state index in [9.17, 15) is 0 Å². The van der Waals surface area contributed by atoms with Crippen molar-refractivity contribution in [3.63, 3.8) is 0 Å². The van der Waals surface area contributed by atoms with E-state index in [1.54, 1.807) is 11.8 Å². The molecule has 1 aromatic rings. The molecular weight excluding hydrogens is 290 g/mol. The van der Waals surface area contributed by atoms with Crippen LogP contribution in [0.2, 0.25) is 0 Å². The van der Waals surface area contributed by atoms with Gasteiger partial charge >= 0.3 is 0 Å². The van der Waals surface area contributed by atoms with Crippen molar-refractivity contribution in [2.75, 3.05) is 13.3 Å². The number of thioether (sulfide) groups is 1. The highest BCUT2D eigenvalue weighted by molar-refractivity contribution is 7.98. The highest BCUT2D eigenvalue weighted by Crippen LogP contribution is 2.36. The summed E-state index contributed by atoms with van der Waals surface area (Å²) in [6, 6.07) is 6.92. The fourth-order valence-corrected chi connectivity index (χ4v) is 3.76. The molecule has 118 valence electrons. The van der Waals surface area contributed by atoms with Crippen LogP contribution in [0.4, 0.5) is 0 Å². The number of likely N-dealkylation sites (N-methyl/N-ethyl adjacent to an activating group) is 1. The molecule has 1 N–H and O–H groups in total. The average molecular weight is 315 g/mol. The summed E-state index contributed by atoms with van der Waals surface area (Å²) in [5.41, 5.74) is 3.87. The Morgan fingerprint density at radius 3 is 2.64 bits per heavy atom. The van der Waals surface area contributed by atoms with Crippen molar-refractivity contribution in [1.29, 1.82) is 0 Å². The molecule has 3 rings (SSSR count). The second-order valence-electron chi connectivity index (χ2n) is 6.16. The molecule has 1 aromatic carbocycles. The number of allylic oxidation sites excluding steroid dienone is 2. The van der Waals surface area contributed by atoms with Crippen molar-refractivity contribution >= 4 is 17.3 Å². The van der Waals surface area contributed by atoms with Gasteiger partial charge in [-0.3, -0.25) is 0 Å². The molecule has 2 aliphatic carbocycles. The number of hydrogen-bond donors (Lipinski definition) is 1. The lowest BCUT2D eigenvalue weighted by atomic mass is 10.1. The lowest BCUT2D eigenvalue weighted by Gasteiger charge is -2.17. The zero-order valence-corrected chi connectivity index (χ0v) is 14.5. The molecule has 0 spiro atoms. The summed E-state index contributed by atoms with van der Waals surface area (Å²) in [6.07, 6.45) is 12.1. The maximum atomic E-state index is 6.32. The van der Waals surface area contributed by atoms with E-state index in [4.69, 9.17) is 4.74 Å². The van der Waals surface area contributed by atoms with Crippen LogP contribution in [0.3, 0.4) is 0 Å². The SMILES string of the molecule is CNC1C=C(c2cc(SC)ccc2OC2CCCC2)C=C1C. The van der Waals surface area contributed by atoms with Gasteiger partial charge in [0.25, 0.3) is 0 Å². The molecule has 1 unspecified atom stereocenters. The standard InChI is InChI=1S/C19H25NOS/c1-13-10-14(11-18(13)20-2)17-12-16(22-3)8-9-19(17)21-15-6-4-5-7-15/h8-12,15,18,20H,4-7H2,1-3H3. The van der Waals surface area contributed by atoms with Gasteiger partial charge in [-0.1, -0.05) is 17.7 Å². The van der Waals surface area contributed by atoms with Crippen LogP contribution >= 0.6 is 11.8 Å². The molecule has 1 fully saturated rings. The Morgan fingerprint density at radius 1 is 1.23 bits per heavy atom. The minimum absolute atomic E-state index is 0.340. The molecular formula is C19H25NOS. The van der Waals surface area contributed by atoms with Gasteiger partial charge in [-0.2, -0.15) is 0 Å². The van der Waals surface area contributed by atoms with Crippen molar-refractivity contribution in [3.05, 3.63) is 41.5 Å². The van der Waals surface area contributed by atoms with Gasteiger partial charge in [0, 0.05) is 16.5 Å². The van der Waals surface area contributed by atoms with Crippen molar-refractivity contribution in [1.82, 2.24) is 5.32 Å². The molecule has 0 saturated heterocycles. The molecule has 0 bridgehead atoms. The average Bonchev–Trinajstić information content (AvgIpc) is 3.17. The van der Waals surface area contributed by atoms with Crippen LogP contribution in [-0.4, -0.2) is 25.4 Å². The minimum atomic E-state index is 0.340. The van der Waals surface area contributed by atoms with Gasteiger partial charge in [0.15, 0.2) is 0 Å². The van der Waals surface area contributed by atoms with Crippen LogP contribution < -0.4 is 10.1 Å². The van der Waals surface area contributed by atoms with E-state index in [1.807, 2.05) is 7.05 Å². The first-order valence-electron chi connectivity index (χ1n) is 8.13. The number of nitrogens with one attached hydrogen (secondary N) is 1. The van der Waals surface area contributed by atoms with Crippen molar-refractivity contribution in [3.8, 4) is 5.75 Å². The van der Waals surface area contributed by atoms with Gasteiger partial charge < -0.3 is 10.1 Å². The van der Waals surface area contributed by atoms with Crippen molar-refractivity contribution in [2.45, 2.75) is 49.6 Å². The van der Waals surface area contributed by atoms with Crippen molar-refractivity contribution in [2.24, 2.45) is 0 Å². The third-order valence-corrected chi connectivity index (χ3v) is 5.35. The van der Waals surface area contributed by atoms with Crippen molar-refractivity contribution < 1.29 is 4.74 Å². The Labute approximate surface area is 138 Å². The van der Waals surface area contributed by atoms with E-state index < -0.39 is 0 Å². The predicted octanol–water partition coefficient (Wildman–Crippen LogP) is 4.66. The second-order valence-corrected chi connectivity index (χ2v) is 7.04. The Kier molecular flexibility index (Phi) is 4.94. The summed E-state index contributed by atoms with van der Waals surface area (Å²) in [6.45, 7) is 2.18. The lowest BCUT2D eigenvalue weighted by molar-refractivity contribution is 0.209. The first kappa shape index (κ1) is 15.7. The molecule has 0 aliphatic heterocycles. The molecule has 0 aromatic heterocycles. The fourth-order valence-electron chi connectivity index (χ4n) is 3.32. The van der Waals surface area contributed by atoms with E-state index in [0.29, 0.717) is 12.1 Å². The predicted molar refractivity (Wildman–Crippen MR) is 95.7 cm³/mol. The van der Waals surface area contributed by atoms with Crippen LogP contribution in [0.15, 0.2) is 40.8 Å². The molecule has 1 atom stereocenters. The Bertz CT molecular complexity index is 599. The van der Waals surface area contributed by atoms with E-state index in [0.717, 1.165) is 5.75 Å². The molecule has 0 amide bonds. The second kappa shape index (κ2) is 6.93. The molecule has 3 heteroatoms. The van der Waals surface area contributed by atoms with E-state index in [2.05, 4.69) is 48.8 Å². The van der Waals surface area contributed by atoms with Crippen LogP contribution in [0, 0.1) is 0 Å². The summed E-state index contributed by atoms with van der Waals surface area (Å²) in [5, 5.41) is 3.34. The van der Waals surface area contributed by atoms with Crippen LogP contribution in [0.25, 0.3) is 5.57 Å². The maximum Gasteiger partial charge on any atom is 0.127 e. The zero-order valence-electron chi connectivity index (χ0n) is 13.7. The molecule has 0 heterocycles. The maximum absolute atomic E-state index is 6.32. The molecule has 2 nitrogen and oxygen atoms in total. The summed E-state index contributed by atoms with van der Waals surface area (Å²) in [7, 11) is 2.01. The zero-order chi connectivity index (χ0) is 15.5. The number of rotatable bonds is 5. The lowest BCUT2D eigenvalue weighted by Crippen LogP contribution is -2.21. The van der Waals surface area contributed by atoms with Gasteiger partial charge in [-0.15, -0.1) is 11.8 Å². The third-order valence-electron chi connectivity index (χ3n) is 4.62. The Morgan fingerprint density at radius 2 is 2.00 bits per heavy atom. The quantitative estimate of drug-likeness (QED) is 0.798. The first-order valence-corrected chi connectivity index (χ1v) is 9.36. The minimum Gasteiger partial charge on any atom is -0.490 e. The fraction of sp³-hybridized carbons (Fsp3) is 0.474. The molecule has 0 radical (unpaired) electrons. The summed E-state index contributed by atoms with van der Waals surface area (Å²) >= 11 is 1.78. The molecule has 1 saturated carbocycles. The summed E-state index contributed by atoms with van der Waals surface area (Å²) in [4.78, 5) is 1.29. The summed E-state index contributed by atoms with van der Waals surface area (Å²) in [5.74, 6) is 1.04. The Balaban J connectivity index is 1.93. The first-order chi connectivity index (χ1) is 10.7. The smallest absolute Gasteiger partial charge is 0.127 e. The number of hydrogen-bond acceptors (Lipinski definition) is 3. The van der Waals surface area contributed by atoms with E-state index in [1.165, 1.54) is 47.3 Å². The van der Waals surface area contributed by atoms with E-state index in [-0.39, 0.29) is 0 Å². The van der Waals surface area contributed by atoms with Crippen LogP contribution in [0.5, 0.6) is 5.75 Å². The monoisotopic (exact) mass is 315 g/mol. The van der Waals surface area contributed by atoms with Gasteiger partial charge in [0.1, 0.15) is 5.75 Å². The topological polar surface area (TPSA) is 21.3 Å². The number of benzene rings is 1. The normalized spacial score (nSPS) is 21.9. The largest absolute Gasteiger partial charge is 0.490 e. The van der Waals surface area contributed by atoms with Gasteiger partial charge in [0.05, 0.1) is 6.10 Å². The molecule has 22 heavy (non-hydrogen) atoms. The third kappa shape index (κ3) is 3.26. The Hall–Kier alpha value is -1.19.